The molecule has 0 bridgehead atoms. The second-order valence-electron chi connectivity index (χ2n) is 7.09. The highest BCUT2D eigenvalue weighted by Gasteiger charge is 2.24. The van der Waals surface area contributed by atoms with Gasteiger partial charge in [0.15, 0.2) is 6.61 Å². The van der Waals surface area contributed by atoms with Crippen molar-refractivity contribution in [1.82, 2.24) is 5.32 Å². The molecule has 1 unspecified atom stereocenters. The first-order valence-corrected chi connectivity index (χ1v) is 10.5. The molecule has 1 atom stereocenters. The summed E-state index contributed by atoms with van der Waals surface area (Å²) in [5, 5.41) is 14.7. The second kappa shape index (κ2) is 10.6. The fourth-order valence-electron chi connectivity index (χ4n) is 3.30. The summed E-state index contributed by atoms with van der Waals surface area (Å²) >= 11 is 12.0. The van der Waals surface area contributed by atoms with Crippen LogP contribution in [0.25, 0.3) is 0 Å². The van der Waals surface area contributed by atoms with Crippen LogP contribution in [-0.2, 0) is 14.3 Å². The zero-order chi connectivity index (χ0) is 23.3. The van der Waals surface area contributed by atoms with E-state index in [-0.39, 0.29) is 11.3 Å². The summed E-state index contributed by atoms with van der Waals surface area (Å²) in [6.07, 6.45) is 0. The molecule has 1 heterocycles. The Labute approximate surface area is 194 Å². The van der Waals surface area contributed by atoms with Gasteiger partial charge < -0.3 is 19.7 Å². The molecule has 2 aromatic carbocycles. The fraction of sp³-hybridized carbons (Fsp3) is 0.333. The molecule has 0 radical (unpaired) electrons. The summed E-state index contributed by atoms with van der Waals surface area (Å²) in [5.41, 5.74) is 0.918. The molecule has 3 rings (SSSR count). The van der Waals surface area contributed by atoms with E-state index in [2.05, 4.69) is 5.32 Å². The van der Waals surface area contributed by atoms with Crippen LogP contribution in [0, 0.1) is 10.1 Å². The third-order valence-corrected chi connectivity index (χ3v) is 5.47. The van der Waals surface area contributed by atoms with Crippen LogP contribution in [0.3, 0.4) is 0 Å². The maximum atomic E-state index is 12.7. The van der Waals surface area contributed by atoms with E-state index < -0.39 is 29.4 Å². The highest BCUT2D eigenvalue weighted by atomic mass is 35.5. The van der Waals surface area contributed by atoms with Gasteiger partial charge in [0.05, 0.1) is 35.4 Å². The fourth-order valence-corrected chi connectivity index (χ4v) is 3.88. The molecule has 1 aliphatic rings. The summed E-state index contributed by atoms with van der Waals surface area (Å²) in [5.74, 6) is -1.38. The quantitative estimate of drug-likeness (QED) is 0.363. The minimum absolute atomic E-state index is 0.0164. The Morgan fingerprint density at radius 1 is 1.22 bits per heavy atom. The van der Waals surface area contributed by atoms with E-state index in [9.17, 15) is 19.7 Å². The zero-order valence-corrected chi connectivity index (χ0v) is 18.7. The van der Waals surface area contributed by atoms with Gasteiger partial charge in [-0.3, -0.25) is 14.9 Å². The maximum absolute atomic E-state index is 12.7. The Balaban J connectivity index is 1.68. The van der Waals surface area contributed by atoms with Crippen LogP contribution in [0.4, 0.5) is 11.4 Å². The van der Waals surface area contributed by atoms with Crippen molar-refractivity contribution >= 4 is 46.5 Å². The number of nitro benzene ring substituents is 1. The maximum Gasteiger partial charge on any atom is 0.341 e. The minimum atomic E-state index is -0.831. The molecule has 0 spiro atoms. The van der Waals surface area contributed by atoms with E-state index in [1.54, 1.807) is 25.1 Å². The Hall–Kier alpha value is -2.88. The summed E-state index contributed by atoms with van der Waals surface area (Å²) in [7, 11) is 0. The molecule has 2 aromatic rings. The van der Waals surface area contributed by atoms with Crippen molar-refractivity contribution in [3.8, 4) is 0 Å². The van der Waals surface area contributed by atoms with Crippen LogP contribution in [-0.4, -0.2) is 49.7 Å². The number of non-ortho nitro benzene ring substituents is 1. The molecule has 9 nitrogen and oxygen atoms in total. The van der Waals surface area contributed by atoms with Gasteiger partial charge in [-0.05, 0) is 30.7 Å². The number of nitrogens with zero attached hydrogens (tertiary/aromatic N) is 2. The van der Waals surface area contributed by atoms with Crippen molar-refractivity contribution in [1.29, 1.82) is 0 Å². The predicted molar refractivity (Wildman–Crippen MR) is 119 cm³/mol. The molecular weight excluding hydrogens is 461 g/mol. The molecule has 0 aliphatic carbocycles. The largest absolute Gasteiger partial charge is 0.452 e. The first kappa shape index (κ1) is 23.8. The Kier molecular flexibility index (Phi) is 7.89. The first-order valence-electron chi connectivity index (χ1n) is 9.79. The average Bonchev–Trinajstić information content (AvgIpc) is 2.77. The van der Waals surface area contributed by atoms with Crippen molar-refractivity contribution in [3.63, 3.8) is 0 Å². The number of nitro groups is 1. The number of esters is 1. The number of rotatable bonds is 7. The normalized spacial score (nSPS) is 14.5. The van der Waals surface area contributed by atoms with E-state index in [4.69, 9.17) is 32.7 Å². The minimum Gasteiger partial charge on any atom is -0.452 e. The van der Waals surface area contributed by atoms with Crippen LogP contribution >= 0.6 is 23.2 Å². The molecular formula is C21H21Cl2N3O6. The highest BCUT2D eigenvalue weighted by Crippen LogP contribution is 2.28. The van der Waals surface area contributed by atoms with E-state index in [1.165, 1.54) is 12.1 Å². The smallest absolute Gasteiger partial charge is 0.341 e. The lowest BCUT2D eigenvalue weighted by atomic mass is 10.1. The molecule has 1 saturated heterocycles. The van der Waals surface area contributed by atoms with Crippen molar-refractivity contribution in [2.24, 2.45) is 0 Å². The Morgan fingerprint density at radius 3 is 2.59 bits per heavy atom. The van der Waals surface area contributed by atoms with Gasteiger partial charge in [-0.15, -0.1) is 0 Å². The van der Waals surface area contributed by atoms with Gasteiger partial charge >= 0.3 is 5.97 Å². The lowest BCUT2D eigenvalue weighted by molar-refractivity contribution is -0.384. The zero-order valence-electron chi connectivity index (χ0n) is 17.2. The number of halogens is 2. The van der Waals surface area contributed by atoms with Crippen molar-refractivity contribution in [2.45, 2.75) is 13.0 Å². The molecule has 1 aliphatic heterocycles. The monoisotopic (exact) mass is 481 g/mol. The average molecular weight is 482 g/mol. The van der Waals surface area contributed by atoms with Crippen LogP contribution in [0.15, 0.2) is 36.4 Å². The summed E-state index contributed by atoms with van der Waals surface area (Å²) in [4.78, 5) is 37.5. The second-order valence-corrected chi connectivity index (χ2v) is 7.93. The highest BCUT2D eigenvalue weighted by molar-refractivity contribution is 6.35. The van der Waals surface area contributed by atoms with Crippen molar-refractivity contribution < 1.29 is 24.0 Å². The van der Waals surface area contributed by atoms with Crippen LogP contribution < -0.4 is 10.2 Å². The number of carbonyl (C=O) groups is 2. The third kappa shape index (κ3) is 5.87. The topological polar surface area (TPSA) is 111 Å². The van der Waals surface area contributed by atoms with Gasteiger partial charge in [0.25, 0.3) is 11.6 Å². The summed E-state index contributed by atoms with van der Waals surface area (Å²) < 4.78 is 10.5. The van der Waals surface area contributed by atoms with Gasteiger partial charge in [-0.2, -0.15) is 0 Å². The summed E-state index contributed by atoms with van der Waals surface area (Å²) in [6, 6.07) is 8.45. The SMILES string of the molecule is CC(NC(=O)COC(=O)c1cc([N+](=O)[O-])ccc1N1CCOCC1)c1ccc(Cl)cc1Cl. The van der Waals surface area contributed by atoms with E-state index in [0.717, 1.165) is 6.07 Å². The van der Waals surface area contributed by atoms with E-state index >= 15 is 0 Å². The van der Waals surface area contributed by atoms with Crippen LogP contribution in [0.5, 0.6) is 0 Å². The molecule has 170 valence electrons. The molecule has 11 heteroatoms. The number of anilines is 1. The number of nitrogens with one attached hydrogen (secondary N) is 1. The summed E-state index contributed by atoms with van der Waals surface area (Å²) in [6.45, 7) is 3.17. The van der Waals surface area contributed by atoms with Crippen LogP contribution in [0.2, 0.25) is 10.0 Å². The van der Waals surface area contributed by atoms with E-state index in [1.807, 2.05) is 4.90 Å². The molecule has 1 fully saturated rings. The number of benzene rings is 2. The van der Waals surface area contributed by atoms with Gasteiger partial charge in [0.1, 0.15) is 0 Å². The number of amides is 1. The Morgan fingerprint density at radius 2 is 1.94 bits per heavy atom. The number of hydrogen-bond donors (Lipinski definition) is 1. The molecule has 1 N–H and O–H groups in total. The van der Waals surface area contributed by atoms with Gasteiger partial charge in [0, 0.05) is 35.3 Å². The predicted octanol–water partition coefficient (Wildman–Crippen LogP) is 3.77. The van der Waals surface area contributed by atoms with Gasteiger partial charge in [0.2, 0.25) is 0 Å². The third-order valence-electron chi connectivity index (χ3n) is 4.90. The van der Waals surface area contributed by atoms with Crippen molar-refractivity contribution in [2.75, 3.05) is 37.8 Å². The van der Waals surface area contributed by atoms with E-state index in [0.29, 0.717) is 47.6 Å². The lowest BCUT2D eigenvalue weighted by Crippen LogP contribution is -2.37. The number of ether oxygens (including phenoxy) is 2. The molecule has 0 aromatic heterocycles. The Bertz CT molecular complexity index is 1030. The van der Waals surface area contributed by atoms with Crippen LogP contribution in [0.1, 0.15) is 28.9 Å². The van der Waals surface area contributed by atoms with Crippen molar-refractivity contribution in [3.05, 3.63) is 67.7 Å². The number of morpholine rings is 1. The molecule has 32 heavy (non-hydrogen) atoms. The number of carbonyl (C=O) groups excluding carboxylic acids is 2. The van der Waals surface area contributed by atoms with Gasteiger partial charge in [-0.25, -0.2) is 4.79 Å². The number of hydrogen-bond acceptors (Lipinski definition) is 7. The molecule has 1 amide bonds. The molecule has 0 saturated carbocycles. The first-order chi connectivity index (χ1) is 15.3. The standard InChI is InChI=1S/C21H21Cl2N3O6/c1-13(16-4-2-14(22)10-18(16)23)24-20(27)12-32-21(28)17-11-15(26(29)30)3-5-19(17)25-6-8-31-9-7-25/h2-5,10-11,13H,6-9,12H2,1H3,(H,24,27). The van der Waals surface area contributed by atoms with Gasteiger partial charge in [-0.1, -0.05) is 29.3 Å². The lowest BCUT2D eigenvalue weighted by Gasteiger charge is -2.30.